The van der Waals surface area contributed by atoms with Crippen LogP contribution in [-0.2, 0) is 20.7 Å². The molecule has 138 valence electrons. The average Bonchev–Trinajstić information content (AvgIpc) is 2.67. The summed E-state index contributed by atoms with van der Waals surface area (Å²) < 4.78 is 17.2. The van der Waals surface area contributed by atoms with Gasteiger partial charge in [-0.1, -0.05) is 13.0 Å². The molecular weight excluding hydrogens is 354 g/mol. The number of rotatable bonds is 6. The molecule has 26 heavy (non-hydrogen) atoms. The first kappa shape index (κ1) is 19.8. The van der Waals surface area contributed by atoms with Gasteiger partial charge in [-0.25, -0.2) is 4.79 Å². The molecule has 2 amide bonds. The molecule has 2 aromatic carbocycles. The van der Waals surface area contributed by atoms with Crippen molar-refractivity contribution in [1.29, 1.82) is 0 Å². The van der Waals surface area contributed by atoms with Crippen LogP contribution in [0.15, 0.2) is 58.3 Å². The molecule has 0 aliphatic rings. The first-order chi connectivity index (χ1) is 12.4. The van der Waals surface area contributed by atoms with Gasteiger partial charge in [0.15, 0.2) is 9.79 Å². The van der Waals surface area contributed by atoms with Crippen molar-refractivity contribution in [3.8, 4) is 0 Å². The summed E-state index contributed by atoms with van der Waals surface area (Å²) in [7, 11) is 1.28. The zero-order chi connectivity index (χ0) is 19.1. The largest absolute Gasteiger partial charge is 0.606 e. The average molecular weight is 375 g/mol. The van der Waals surface area contributed by atoms with E-state index in [1.807, 2.05) is 6.92 Å². The van der Waals surface area contributed by atoms with E-state index in [-0.39, 0.29) is 5.91 Å². The molecule has 4 N–H and O–H groups in total. The lowest BCUT2D eigenvalue weighted by Gasteiger charge is -2.13. The molecule has 0 aliphatic heterocycles. The Hall–Kier alpha value is -2.55. The van der Waals surface area contributed by atoms with Gasteiger partial charge >= 0.3 is 6.09 Å². The van der Waals surface area contributed by atoms with E-state index in [0.29, 0.717) is 27.6 Å². The molecule has 0 saturated carbocycles. The van der Waals surface area contributed by atoms with Gasteiger partial charge in [-0.05, 0) is 42.8 Å². The summed E-state index contributed by atoms with van der Waals surface area (Å²) in [5.41, 5.74) is 6.77. The highest BCUT2D eigenvalue weighted by Gasteiger charge is 2.17. The van der Waals surface area contributed by atoms with Gasteiger partial charge in [0.25, 0.3) is 0 Å². The highest BCUT2D eigenvalue weighted by molar-refractivity contribution is 7.91. The van der Waals surface area contributed by atoms with Gasteiger partial charge in [-0.3, -0.25) is 10.1 Å². The lowest BCUT2D eigenvalue weighted by Crippen LogP contribution is -2.34. The summed E-state index contributed by atoms with van der Waals surface area (Å²) >= 11 is -1.43. The number of nitrogens with two attached hydrogens (primary N) is 1. The van der Waals surface area contributed by atoms with Gasteiger partial charge in [0.05, 0.1) is 13.2 Å². The maximum atomic E-state index is 12.7. The van der Waals surface area contributed by atoms with Gasteiger partial charge in [0.1, 0.15) is 0 Å². The summed E-state index contributed by atoms with van der Waals surface area (Å²) in [4.78, 5) is 24.2. The highest BCUT2D eigenvalue weighted by atomic mass is 32.2. The Morgan fingerprint density at radius 2 is 1.81 bits per heavy atom. The van der Waals surface area contributed by atoms with E-state index in [1.165, 1.54) is 7.11 Å². The second-order valence-corrected chi connectivity index (χ2v) is 6.92. The molecule has 8 heteroatoms. The maximum absolute atomic E-state index is 12.7. The van der Waals surface area contributed by atoms with Crippen molar-refractivity contribution < 1.29 is 18.9 Å². The molecule has 0 radical (unpaired) electrons. The molecule has 0 aliphatic carbocycles. The molecule has 0 aromatic heterocycles. The number of ether oxygens (including phenoxy) is 1. The van der Waals surface area contributed by atoms with Crippen LogP contribution in [0.3, 0.4) is 0 Å². The Bertz CT molecular complexity index is 767. The molecule has 2 atom stereocenters. The van der Waals surface area contributed by atoms with Crippen molar-refractivity contribution >= 4 is 34.6 Å². The fourth-order valence-electron chi connectivity index (χ4n) is 2.08. The Morgan fingerprint density at radius 3 is 2.42 bits per heavy atom. The zero-order valence-electron chi connectivity index (χ0n) is 14.5. The number of nitrogens with one attached hydrogen (secondary N) is 2. The van der Waals surface area contributed by atoms with E-state index in [2.05, 4.69) is 15.4 Å². The van der Waals surface area contributed by atoms with Crippen LogP contribution in [0.25, 0.3) is 0 Å². The summed E-state index contributed by atoms with van der Waals surface area (Å²) in [6.07, 6.45) is -0.0451. The number of hydrogen-bond donors (Lipinski definition) is 3. The van der Waals surface area contributed by atoms with Crippen LogP contribution in [-0.4, -0.2) is 29.7 Å². The monoisotopic (exact) mass is 375 g/mol. The van der Waals surface area contributed by atoms with Crippen LogP contribution in [0, 0.1) is 0 Å². The number of carbonyl (C=O) groups excluding carboxylic acids is 2. The van der Waals surface area contributed by atoms with Crippen LogP contribution in [0.2, 0.25) is 0 Å². The van der Waals surface area contributed by atoms with Crippen molar-refractivity contribution in [3.05, 3.63) is 48.5 Å². The molecule has 2 rings (SSSR count). The molecular formula is C18H21N3O4S. The van der Waals surface area contributed by atoms with Crippen molar-refractivity contribution in [1.82, 2.24) is 0 Å². The van der Waals surface area contributed by atoms with Gasteiger partial charge < -0.3 is 20.3 Å². The Balaban J connectivity index is 2.11. The van der Waals surface area contributed by atoms with E-state index in [1.54, 1.807) is 48.5 Å². The fourth-order valence-corrected chi connectivity index (χ4v) is 3.17. The second-order valence-electron chi connectivity index (χ2n) is 5.44. The van der Waals surface area contributed by atoms with Crippen LogP contribution in [0.4, 0.5) is 16.2 Å². The van der Waals surface area contributed by atoms with Gasteiger partial charge in [-0.15, -0.1) is 0 Å². The predicted molar refractivity (Wildman–Crippen MR) is 100 cm³/mol. The lowest BCUT2D eigenvalue weighted by atomic mass is 10.2. The molecule has 2 aromatic rings. The predicted octanol–water partition coefficient (Wildman–Crippen LogP) is 2.71. The normalized spacial score (nSPS) is 12.8. The SMILES string of the molecule is CCC(N)C(=O)Nc1cccc([S+]([O-])c2ccc(NC(=O)OC)cc2)c1. The topological polar surface area (TPSA) is 117 Å². The number of benzene rings is 2. The third-order valence-corrected chi connectivity index (χ3v) is 4.97. The molecule has 7 nitrogen and oxygen atoms in total. The zero-order valence-corrected chi connectivity index (χ0v) is 15.3. The molecule has 0 fully saturated rings. The Kier molecular flexibility index (Phi) is 7.02. The molecule has 2 unspecified atom stereocenters. The van der Waals surface area contributed by atoms with Crippen LogP contribution in [0.5, 0.6) is 0 Å². The Labute approximate surface area is 155 Å². The number of amides is 2. The fraction of sp³-hybridized carbons (Fsp3) is 0.222. The third kappa shape index (κ3) is 5.22. The van der Waals surface area contributed by atoms with Crippen molar-refractivity contribution in [3.63, 3.8) is 0 Å². The Morgan fingerprint density at radius 1 is 1.12 bits per heavy atom. The van der Waals surface area contributed by atoms with E-state index < -0.39 is 23.3 Å². The van der Waals surface area contributed by atoms with Gasteiger partial charge in [-0.2, -0.15) is 0 Å². The van der Waals surface area contributed by atoms with Crippen molar-refractivity contribution in [2.45, 2.75) is 29.2 Å². The van der Waals surface area contributed by atoms with Crippen LogP contribution in [0.1, 0.15) is 13.3 Å². The number of anilines is 2. The smallest absolute Gasteiger partial charge is 0.411 e. The molecule has 0 saturated heterocycles. The minimum absolute atomic E-state index is 0.284. The minimum Gasteiger partial charge on any atom is -0.606 e. The number of hydrogen-bond acceptors (Lipinski definition) is 5. The van der Waals surface area contributed by atoms with Crippen LogP contribution < -0.4 is 16.4 Å². The number of methoxy groups -OCH3 is 1. The van der Waals surface area contributed by atoms with Crippen molar-refractivity contribution in [2.24, 2.45) is 5.73 Å². The summed E-state index contributed by atoms with van der Waals surface area (Å²) in [5.74, 6) is -0.284. The highest BCUT2D eigenvalue weighted by Crippen LogP contribution is 2.24. The second kappa shape index (κ2) is 9.23. The third-order valence-electron chi connectivity index (χ3n) is 3.59. The van der Waals surface area contributed by atoms with Crippen molar-refractivity contribution in [2.75, 3.05) is 17.7 Å². The number of carbonyl (C=O) groups is 2. The molecule has 0 heterocycles. The minimum atomic E-state index is -1.43. The van der Waals surface area contributed by atoms with E-state index >= 15 is 0 Å². The van der Waals surface area contributed by atoms with Gasteiger partial charge in [0, 0.05) is 28.6 Å². The van der Waals surface area contributed by atoms with Crippen LogP contribution >= 0.6 is 0 Å². The first-order valence-electron chi connectivity index (χ1n) is 7.98. The van der Waals surface area contributed by atoms with E-state index in [0.717, 1.165) is 0 Å². The maximum Gasteiger partial charge on any atom is 0.411 e. The summed E-state index contributed by atoms with van der Waals surface area (Å²) in [5, 5.41) is 5.24. The van der Waals surface area contributed by atoms with Gasteiger partial charge in [0.2, 0.25) is 5.91 Å². The summed E-state index contributed by atoms with van der Waals surface area (Å²) in [6.45, 7) is 1.83. The quantitative estimate of drug-likeness (QED) is 0.671. The van der Waals surface area contributed by atoms with E-state index in [4.69, 9.17) is 5.73 Å². The standard InChI is InChI=1S/C18H21N3O4S/c1-3-16(19)17(22)20-13-5-4-6-15(11-13)26(24)14-9-7-12(8-10-14)21-18(23)25-2/h4-11,16H,3,19H2,1-2H3,(H,20,22)(H,21,23). The molecule has 0 spiro atoms. The molecule has 0 bridgehead atoms. The lowest BCUT2D eigenvalue weighted by molar-refractivity contribution is -0.117. The van der Waals surface area contributed by atoms with E-state index in [9.17, 15) is 14.1 Å². The summed E-state index contributed by atoms with van der Waals surface area (Å²) in [6, 6.07) is 12.8. The first-order valence-corrected chi connectivity index (χ1v) is 9.13.